The van der Waals surface area contributed by atoms with Crippen LogP contribution in [0.1, 0.15) is 24.4 Å². The van der Waals surface area contributed by atoms with Gasteiger partial charge in [-0.2, -0.15) is 8.78 Å². The summed E-state index contributed by atoms with van der Waals surface area (Å²) in [7, 11) is 1.68. The molecule has 2 heterocycles. The molecule has 1 aromatic rings. The minimum Gasteiger partial charge on any atom is -0.435 e. The van der Waals surface area contributed by atoms with Gasteiger partial charge in [0.1, 0.15) is 5.75 Å². The lowest BCUT2D eigenvalue weighted by molar-refractivity contribution is -0.125. The lowest BCUT2D eigenvalue weighted by Gasteiger charge is -2.37. The van der Waals surface area contributed by atoms with E-state index in [9.17, 15) is 13.6 Å². The monoisotopic (exact) mass is 398 g/mol. The fraction of sp³-hybridized carbons (Fsp3) is 0.632. The maximum absolute atomic E-state index is 12.9. The summed E-state index contributed by atoms with van der Waals surface area (Å²) in [4.78, 5) is 12.9. The second-order valence-electron chi connectivity index (χ2n) is 7.46. The lowest BCUT2D eigenvalue weighted by atomic mass is 9.79. The molecule has 2 saturated heterocycles. The van der Waals surface area contributed by atoms with E-state index >= 15 is 0 Å². The van der Waals surface area contributed by atoms with Crippen molar-refractivity contribution in [2.24, 2.45) is 11.3 Å². The molecule has 0 aliphatic carbocycles. The number of amides is 1. The first-order valence-electron chi connectivity index (χ1n) is 9.53. The van der Waals surface area contributed by atoms with E-state index < -0.39 is 6.61 Å². The molecule has 0 aromatic heterocycles. The molecule has 2 aliphatic rings. The van der Waals surface area contributed by atoms with Gasteiger partial charge in [-0.1, -0.05) is 12.1 Å². The number of rotatable bonds is 8. The van der Waals surface area contributed by atoms with Crippen molar-refractivity contribution in [3.63, 3.8) is 0 Å². The van der Waals surface area contributed by atoms with E-state index in [2.05, 4.69) is 26.2 Å². The van der Waals surface area contributed by atoms with Gasteiger partial charge in [-0.05, 0) is 43.6 Å². The Morgan fingerprint density at radius 3 is 2.86 bits per heavy atom. The predicted octanol–water partition coefficient (Wildman–Crippen LogP) is 1.19. The average Bonchev–Trinajstić information content (AvgIpc) is 3.17. The van der Waals surface area contributed by atoms with Crippen molar-refractivity contribution in [3.8, 4) is 5.75 Å². The van der Waals surface area contributed by atoms with Crippen LogP contribution in [0.4, 0.5) is 8.78 Å². The Kier molecular flexibility index (Phi) is 7.17. The number of ether oxygens (including phenoxy) is 2. The molecule has 3 rings (SSSR count). The zero-order valence-corrected chi connectivity index (χ0v) is 16.0. The summed E-state index contributed by atoms with van der Waals surface area (Å²) in [6.45, 7) is 0.545. The maximum atomic E-state index is 12.9. The second kappa shape index (κ2) is 9.60. The van der Waals surface area contributed by atoms with Gasteiger partial charge in [0, 0.05) is 25.6 Å². The molecule has 28 heavy (non-hydrogen) atoms. The Balaban J connectivity index is 1.64. The molecule has 9 heteroatoms. The standard InChI is InChI=1S/C19H28F2N4O3/c1-27-12-19(5-7-22-8-6-19)11-23-17(26)15-10-24-25-16(15)13-3-2-4-14(9-13)28-18(20)21/h2-4,9,15-16,18,22,24-25H,5-8,10-12H2,1H3,(H,23,26). The summed E-state index contributed by atoms with van der Waals surface area (Å²) in [6.07, 6.45) is 1.89. The SMILES string of the molecule is COCC1(CNC(=O)C2CNNC2c2cccc(OC(F)F)c2)CCNCC1. The predicted molar refractivity (Wildman–Crippen MR) is 99.9 cm³/mol. The number of hydrogen-bond donors (Lipinski definition) is 4. The van der Waals surface area contributed by atoms with Crippen molar-refractivity contribution in [2.75, 3.05) is 39.9 Å². The van der Waals surface area contributed by atoms with E-state index in [0.29, 0.717) is 19.7 Å². The van der Waals surface area contributed by atoms with Crippen molar-refractivity contribution in [1.82, 2.24) is 21.5 Å². The molecule has 1 amide bonds. The molecular formula is C19H28F2N4O3. The van der Waals surface area contributed by atoms with Crippen molar-refractivity contribution in [1.29, 1.82) is 0 Å². The largest absolute Gasteiger partial charge is 0.435 e. The maximum Gasteiger partial charge on any atom is 0.387 e. The van der Waals surface area contributed by atoms with Crippen LogP contribution >= 0.6 is 0 Å². The number of methoxy groups -OCH3 is 1. The number of hydrogen-bond acceptors (Lipinski definition) is 6. The number of alkyl halides is 2. The van der Waals surface area contributed by atoms with E-state index in [1.165, 1.54) is 12.1 Å². The van der Waals surface area contributed by atoms with E-state index in [-0.39, 0.29) is 29.0 Å². The number of hydrazine groups is 1. The molecule has 0 radical (unpaired) electrons. The highest BCUT2D eigenvalue weighted by molar-refractivity contribution is 5.80. The molecule has 1 aromatic carbocycles. The fourth-order valence-corrected chi connectivity index (χ4v) is 3.98. The zero-order chi connectivity index (χ0) is 20.0. The molecule has 0 bridgehead atoms. The van der Waals surface area contributed by atoms with Gasteiger partial charge in [0.25, 0.3) is 0 Å². The van der Waals surface area contributed by atoms with Crippen LogP contribution in [0.5, 0.6) is 5.75 Å². The molecular weight excluding hydrogens is 370 g/mol. The van der Waals surface area contributed by atoms with Gasteiger partial charge in [0.15, 0.2) is 0 Å². The van der Waals surface area contributed by atoms with Crippen LogP contribution in [0.25, 0.3) is 0 Å². The quantitative estimate of drug-likeness (QED) is 0.527. The van der Waals surface area contributed by atoms with Crippen molar-refractivity contribution in [2.45, 2.75) is 25.5 Å². The number of halogens is 2. The van der Waals surface area contributed by atoms with Gasteiger partial charge in [-0.15, -0.1) is 0 Å². The second-order valence-corrected chi connectivity index (χ2v) is 7.46. The number of carbonyl (C=O) groups excluding carboxylic acids is 1. The lowest BCUT2D eigenvalue weighted by Crippen LogP contribution is -2.48. The summed E-state index contributed by atoms with van der Waals surface area (Å²) in [5, 5.41) is 6.42. The van der Waals surface area contributed by atoms with Crippen LogP contribution < -0.4 is 26.2 Å². The molecule has 0 spiro atoms. The smallest absolute Gasteiger partial charge is 0.387 e. The van der Waals surface area contributed by atoms with E-state index in [1.54, 1.807) is 19.2 Å². The van der Waals surface area contributed by atoms with Crippen LogP contribution in [0.15, 0.2) is 24.3 Å². The first-order chi connectivity index (χ1) is 13.5. The molecule has 2 unspecified atom stereocenters. The van der Waals surface area contributed by atoms with Crippen molar-refractivity contribution < 1.29 is 23.0 Å². The molecule has 2 atom stereocenters. The van der Waals surface area contributed by atoms with Gasteiger partial charge in [-0.3, -0.25) is 10.2 Å². The van der Waals surface area contributed by atoms with Gasteiger partial charge >= 0.3 is 6.61 Å². The summed E-state index contributed by atoms with van der Waals surface area (Å²) in [6, 6.07) is 6.12. The molecule has 2 fully saturated rings. The minimum absolute atomic E-state index is 0.0599. The minimum atomic E-state index is -2.88. The van der Waals surface area contributed by atoms with Crippen LogP contribution in [0.3, 0.4) is 0 Å². The normalized spacial score (nSPS) is 24.3. The van der Waals surface area contributed by atoms with Crippen LogP contribution in [0, 0.1) is 11.3 Å². The average molecular weight is 398 g/mol. The van der Waals surface area contributed by atoms with E-state index in [1.807, 2.05) is 0 Å². The van der Waals surface area contributed by atoms with Crippen LogP contribution in [-0.2, 0) is 9.53 Å². The molecule has 156 valence electrons. The van der Waals surface area contributed by atoms with Gasteiger partial charge in [-0.25, -0.2) is 5.43 Å². The molecule has 7 nitrogen and oxygen atoms in total. The molecule has 4 N–H and O–H groups in total. The highest BCUT2D eigenvalue weighted by Gasteiger charge is 2.37. The third-order valence-electron chi connectivity index (χ3n) is 5.51. The Labute approximate surface area is 163 Å². The van der Waals surface area contributed by atoms with Crippen LogP contribution in [0.2, 0.25) is 0 Å². The summed E-state index contributed by atoms with van der Waals surface area (Å²) >= 11 is 0. The third-order valence-corrected chi connectivity index (χ3v) is 5.51. The summed E-state index contributed by atoms with van der Waals surface area (Å²) in [5.41, 5.74) is 6.73. The summed E-state index contributed by atoms with van der Waals surface area (Å²) in [5.74, 6) is -0.353. The highest BCUT2D eigenvalue weighted by atomic mass is 19.3. The number of carbonyl (C=O) groups is 1. The van der Waals surface area contributed by atoms with Gasteiger partial charge < -0.3 is 20.1 Å². The number of benzene rings is 1. The van der Waals surface area contributed by atoms with Crippen LogP contribution in [-0.4, -0.2) is 52.4 Å². The topological polar surface area (TPSA) is 83.7 Å². The Morgan fingerprint density at radius 1 is 1.36 bits per heavy atom. The van der Waals surface area contributed by atoms with Gasteiger partial charge in [0.05, 0.1) is 18.6 Å². The first kappa shape index (κ1) is 20.9. The Morgan fingerprint density at radius 2 is 2.14 bits per heavy atom. The zero-order valence-electron chi connectivity index (χ0n) is 16.0. The van der Waals surface area contributed by atoms with Crippen molar-refractivity contribution in [3.05, 3.63) is 29.8 Å². The molecule has 0 saturated carbocycles. The van der Waals surface area contributed by atoms with E-state index in [4.69, 9.17) is 4.74 Å². The van der Waals surface area contributed by atoms with E-state index in [0.717, 1.165) is 31.5 Å². The Hall–Kier alpha value is -1.81. The number of piperidine rings is 1. The van der Waals surface area contributed by atoms with Gasteiger partial charge in [0.2, 0.25) is 5.91 Å². The first-order valence-corrected chi connectivity index (χ1v) is 9.53. The molecule has 2 aliphatic heterocycles. The fourth-order valence-electron chi connectivity index (χ4n) is 3.98. The summed E-state index contributed by atoms with van der Waals surface area (Å²) < 4.78 is 34.8. The third kappa shape index (κ3) is 5.16. The highest BCUT2D eigenvalue weighted by Crippen LogP contribution is 2.30. The Bertz CT molecular complexity index is 650. The number of nitrogens with one attached hydrogen (secondary N) is 4. The van der Waals surface area contributed by atoms with Crippen molar-refractivity contribution >= 4 is 5.91 Å².